The smallest absolute Gasteiger partial charge is 0.107 e. The molecule has 0 aromatic heterocycles. The van der Waals surface area contributed by atoms with Crippen molar-refractivity contribution in [1.29, 1.82) is 5.26 Å². The van der Waals surface area contributed by atoms with Crippen molar-refractivity contribution >= 4 is 11.6 Å². The van der Waals surface area contributed by atoms with Crippen LogP contribution in [0.1, 0.15) is 24.8 Å². The van der Waals surface area contributed by atoms with Crippen molar-refractivity contribution in [3.8, 4) is 6.07 Å². The van der Waals surface area contributed by atoms with Crippen molar-refractivity contribution in [2.24, 2.45) is 0 Å². The fourth-order valence-electron chi connectivity index (χ4n) is 2.18. The molecule has 1 heterocycles. The standard InChI is InChI=1S/C13H15ClN2/c14-12-4-2-11(3-5-12)6-8-13(10-15)7-1-9-16-13/h2-5,16H,1,6-9H2. The summed E-state index contributed by atoms with van der Waals surface area (Å²) in [6.45, 7) is 0.966. The highest BCUT2D eigenvalue weighted by atomic mass is 35.5. The molecule has 0 spiro atoms. The lowest BCUT2D eigenvalue weighted by molar-refractivity contribution is 0.447. The maximum atomic E-state index is 9.21. The molecule has 0 amide bonds. The Morgan fingerprint density at radius 3 is 2.69 bits per heavy atom. The molecule has 2 rings (SSSR count). The van der Waals surface area contributed by atoms with E-state index in [0.717, 1.165) is 37.3 Å². The average Bonchev–Trinajstić information content (AvgIpc) is 2.78. The van der Waals surface area contributed by atoms with Gasteiger partial charge in [-0.2, -0.15) is 5.26 Å². The number of hydrogen-bond donors (Lipinski definition) is 1. The molecule has 1 aromatic rings. The summed E-state index contributed by atoms with van der Waals surface area (Å²) in [5, 5.41) is 13.3. The van der Waals surface area contributed by atoms with Gasteiger partial charge in [0.15, 0.2) is 0 Å². The zero-order valence-electron chi connectivity index (χ0n) is 9.17. The van der Waals surface area contributed by atoms with Gasteiger partial charge in [0.25, 0.3) is 0 Å². The molecule has 1 aromatic carbocycles. The molecule has 3 heteroatoms. The van der Waals surface area contributed by atoms with E-state index in [4.69, 9.17) is 11.6 Å². The number of benzene rings is 1. The minimum atomic E-state index is -0.292. The maximum Gasteiger partial charge on any atom is 0.107 e. The van der Waals surface area contributed by atoms with E-state index < -0.39 is 0 Å². The lowest BCUT2D eigenvalue weighted by Gasteiger charge is -2.20. The van der Waals surface area contributed by atoms with E-state index in [2.05, 4.69) is 11.4 Å². The van der Waals surface area contributed by atoms with Crippen LogP contribution >= 0.6 is 11.6 Å². The quantitative estimate of drug-likeness (QED) is 0.873. The van der Waals surface area contributed by atoms with Gasteiger partial charge in [-0.15, -0.1) is 0 Å². The normalized spacial score (nSPS) is 24.2. The van der Waals surface area contributed by atoms with Gasteiger partial charge in [-0.05, 0) is 49.9 Å². The van der Waals surface area contributed by atoms with Crippen molar-refractivity contribution in [1.82, 2.24) is 5.32 Å². The first-order chi connectivity index (χ1) is 7.74. The monoisotopic (exact) mass is 234 g/mol. The van der Waals surface area contributed by atoms with Crippen LogP contribution in [0.2, 0.25) is 5.02 Å². The molecule has 16 heavy (non-hydrogen) atoms. The lowest BCUT2D eigenvalue weighted by atomic mass is 9.91. The van der Waals surface area contributed by atoms with Gasteiger partial charge in [0.2, 0.25) is 0 Å². The van der Waals surface area contributed by atoms with Gasteiger partial charge in [-0.25, -0.2) is 0 Å². The predicted molar refractivity (Wildman–Crippen MR) is 65.4 cm³/mol. The molecule has 0 saturated carbocycles. The Hall–Kier alpha value is -1.04. The van der Waals surface area contributed by atoms with Crippen LogP contribution in [0.5, 0.6) is 0 Å². The highest BCUT2D eigenvalue weighted by Crippen LogP contribution is 2.24. The molecule has 0 aliphatic carbocycles. The SMILES string of the molecule is N#CC1(CCc2ccc(Cl)cc2)CCCN1. The van der Waals surface area contributed by atoms with Crippen molar-refractivity contribution in [2.45, 2.75) is 31.2 Å². The van der Waals surface area contributed by atoms with Crippen molar-refractivity contribution in [3.63, 3.8) is 0 Å². The minimum Gasteiger partial charge on any atom is -0.299 e. The Bertz CT molecular complexity index is 385. The van der Waals surface area contributed by atoms with Gasteiger partial charge in [0, 0.05) is 5.02 Å². The van der Waals surface area contributed by atoms with E-state index in [-0.39, 0.29) is 5.54 Å². The second kappa shape index (κ2) is 4.86. The molecule has 0 radical (unpaired) electrons. The number of rotatable bonds is 3. The molecule has 1 aliphatic rings. The van der Waals surface area contributed by atoms with Gasteiger partial charge in [0.05, 0.1) is 6.07 Å². The Kier molecular flexibility index (Phi) is 3.48. The van der Waals surface area contributed by atoms with Crippen LogP contribution in [0.4, 0.5) is 0 Å². The molecular weight excluding hydrogens is 220 g/mol. The summed E-state index contributed by atoms with van der Waals surface area (Å²) < 4.78 is 0. The third kappa shape index (κ3) is 2.55. The Morgan fingerprint density at radius 1 is 1.38 bits per heavy atom. The maximum absolute atomic E-state index is 9.21. The fraction of sp³-hybridized carbons (Fsp3) is 0.462. The molecule has 1 aliphatic heterocycles. The number of halogens is 1. The Labute approximate surface area is 101 Å². The van der Waals surface area contributed by atoms with E-state index in [9.17, 15) is 5.26 Å². The summed E-state index contributed by atoms with van der Waals surface area (Å²) in [6, 6.07) is 10.3. The van der Waals surface area contributed by atoms with Crippen LogP contribution in [0.3, 0.4) is 0 Å². The van der Waals surface area contributed by atoms with Gasteiger partial charge in [0.1, 0.15) is 5.54 Å². The molecule has 1 atom stereocenters. The molecule has 1 unspecified atom stereocenters. The Balaban J connectivity index is 1.96. The second-order valence-electron chi connectivity index (χ2n) is 4.35. The molecule has 1 N–H and O–H groups in total. The third-order valence-corrected chi connectivity index (χ3v) is 3.46. The zero-order chi connectivity index (χ0) is 11.4. The predicted octanol–water partition coefficient (Wildman–Crippen LogP) is 2.92. The number of aryl methyl sites for hydroxylation is 1. The highest BCUT2D eigenvalue weighted by Gasteiger charge is 2.32. The topological polar surface area (TPSA) is 35.8 Å². The van der Waals surface area contributed by atoms with Gasteiger partial charge < -0.3 is 0 Å². The van der Waals surface area contributed by atoms with Crippen LogP contribution in [-0.4, -0.2) is 12.1 Å². The Morgan fingerprint density at radius 2 is 2.12 bits per heavy atom. The molecule has 1 fully saturated rings. The summed E-state index contributed by atoms with van der Waals surface area (Å²) in [6.07, 6.45) is 3.88. The van der Waals surface area contributed by atoms with Crippen LogP contribution in [0.15, 0.2) is 24.3 Å². The summed E-state index contributed by atoms with van der Waals surface area (Å²) >= 11 is 5.83. The van der Waals surface area contributed by atoms with Gasteiger partial charge in [-0.3, -0.25) is 5.32 Å². The van der Waals surface area contributed by atoms with Gasteiger partial charge in [-0.1, -0.05) is 23.7 Å². The van der Waals surface area contributed by atoms with E-state index in [1.165, 1.54) is 5.56 Å². The van der Waals surface area contributed by atoms with Crippen molar-refractivity contribution in [3.05, 3.63) is 34.9 Å². The first-order valence-corrected chi connectivity index (χ1v) is 6.03. The summed E-state index contributed by atoms with van der Waals surface area (Å²) in [5.74, 6) is 0. The third-order valence-electron chi connectivity index (χ3n) is 3.21. The second-order valence-corrected chi connectivity index (χ2v) is 4.79. The van der Waals surface area contributed by atoms with E-state index >= 15 is 0 Å². The molecule has 0 bridgehead atoms. The van der Waals surface area contributed by atoms with E-state index in [0.29, 0.717) is 0 Å². The van der Waals surface area contributed by atoms with Crippen molar-refractivity contribution < 1.29 is 0 Å². The number of nitriles is 1. The van der Waals surface area contributed by atoms with Gasteiger partial charge >= 0.3 is 0 Å². The van der Waals surface area contributed by atoms with Crippen LogP contribution in [0.25, 0.3) is 0 Å². The van der Waals surface area contributed by atoms with Crippen molar-refractivity contribution in [2.75, 3.05) is 6.54 Å². The zero-order valence-corrected chi connectivity index (χ0v) is 9.93. The molecule has 84 valence electrons. The molecule has 1 saturated heterocycles. The van der Waals surface area contributed by atoms with E-state index in [1.54, 1.807) is 0 Å². The number of hydrogen-bond acceptors (Lipinski definition) is 2. The number of nitrogens with zero attached hydrogens (tertiary/aromatic N) is 1. The van der Waals surface area contributed by atoms with E-state index in [1.807, 2.05) is 24.3 Å². The minimum absolute atomic E-state index is 0.292. The summed E-state index contributed by atoms with van der Waals surface area (Å²) in [5.41, 5.74) is 0.951. The summed E-state index contributed by atoms with van der Waals surface area (Å²) in [7, 11) is 0. The first kappa shape index (κ1) is 11.4. The lowest BCUT2D eigenvalue weighted by Crippen LogP contribution is -2.38. The fourth-order valence-corrected chi connectivity index (χ4v) is 2.31. The molecular formula is C13H15ClN2. The van der Waals surface area contributed by atoms with Crippen LogP contribution in [0, 0.1) is 11.3 Å². The van der Waals surface area contributed by atoms with Crippen LogP contribution < -0.4 is 5.32 Å². The number of nitrogens with one attached hydrogen (secondary N) is 1. The summed E-state index contributed by atoms with van der Waals surface area (Å²) in [4.78, 5) is 0. The van der Waals surface area contributed by atoms with Crippen LogP contribution in [-0.2, 0) is 6.42 Å². The first-order valence-electron chi connectivity index (χ1n) is 5.65. The molecule has 2 nitrogen and oxygen atoms in total. The highest BCUT2D eigenvalue weighted by molar-refractivity contribution is 6.30. The average molecular weight is 235 g/mol. The largest absolute Gasteiger partial charge is 0.299 e.